The molecule has 1 fully saturated rings. The fourth-order valence-corrected chi connectivity index (χ4v) is 5.08. The zero-order valence-corrected chi connectivity index (χ0v) is 16.2. The van der Waals surface area contributed by atoms with Gasteiger partial charge in [0, 0.05) is 32.0 Å². The van der Waals surface area contributed by atoms with Crippen molar-refractivity contribution in [1.29, 1.82) is 0 Å². The third-order valence-electron chi connectivity index (χ3n) is 6.91. The highest BCUT2D eigenvalue weighted by Crippen LogP contribution is 2.59. The monoisotopic (exact) mass is 364 g/mol. The Balaban J connectivity index is 1.21. The summed E-state index contributed by atoms with van der Waals surface area (Å²) in [4.78, 5) is 11.0. The molecule has 0 saturated heterocycles. The quantitative estimate of drug-likeness (QED) is 0.826. The molecule has 1 aliphatic heterocycles. The van der Waals surface area contributed by atoms with Gasteiger partial charge in [-0.1, -0.05) is 25.5 Å². The van der Waals surface area contributed by atoms with Crippen LogP contribution in [0, 0.1) is 17.3 Å². The molecule has 1 saturated carbocycles. The van der Waals surface area contributed by atoms with Gasteiger partial charge in [-0.3, -0.25) is 9.58 Å². The van der Waals surface area contributed by atoms with Crippen molar-refractivity contribution in [3.8, 4) is 0 Å². The Labute approximate surface area is 160 Å². The normalized spacial score (nSPS) is 26.1. The molecule has 0 unspecified atom stereocenters. The van der Waals surface area contributed by atoms with E-state index in [1.807, 2.05) is 6.07 Å². The summed E-state index contributed by atoms with van der Waals surface area (Å²) in [5.74, 6) is 2.36. The first-order valence-corrected chi connectivity index (χ1v) is 10.1. The molecule has 142 valence electrons. The van der Waals surface area contributed by atoms with Crippen LogP contribution in [-0.2, 0) is 19.6 Å². The lowest BCUT2D eigenvalue weighted by Gasteiger charge is -2.57. The summed E-state index contributed by atoms with van der Waals surface area (Å²) in [7, 11) is 0. The highest BCUT2D eigenvalue weighted by molar-refractivity contribution is 5.26. The third-order valence-corrected chi connectivity index (χ3v) is 6.91. The first kappa shape index (κ1) is 16.9. The Bertz CT molecular complexity index is 853. The minimum atomic E-state index is 0.514. The number of hydrogen-bond donors (Lipinski definition) is 1. The van der Waals surface area contributed by atoms with Gasteiger partial charge >= 0.3 is 0 Å². The molecule has 3 aliphatic carbocycles. The van der Waals surface area contributed by atoms with Crippen molar-refractivity contribution in [3.05, 3.63) is 47.6 Å². The number of fused-ring (bicyclic) bond motifs is 2. The Morgan fingerprint density at radius 3 is 2.85 bits per heavy atom. The topological polar surface area (TPSA) is 58.9 Å². The molecule has 6 nitrogen and oxygen atoms in total. The number of rotatable bonds is 5. The van der Waals surface area contributed by atoms with Crippen LogP contribution in [0.4, 0.5) is 5.95 Å². The van der Waals surface area contributed by atoms with E-state index in [0.717, 1.165) is 43.7 Å². The van der Waals surface area contributed by atoms with Crippen LogP contribution in [0.1, 0.15) is 38.1 Å². The van der Waals surface area contributed by atoms with Crippen LogP contribution in [0.15, 0.2) is 36.2 Å². The molecule has 2 atom stereocenters. The molecule has 0 radical (unpaired) electrons. The van der Waals surface area contributed by atoms with Crippen molar-refractivity contribution in [1.82, 2.24) is 24.6 Å². The highest BCUT2D eigenvalue weighted by atomic mass is 15.3. The first-order chi connectivity index (χ1) is 13.1. The smallest absolute Gasteiger partial charge is 0.222 e. The number of nitrogens with zero attached hydrogens (tertiary/aromatic N) is 5. The summed E-state index contributed by atoms with van der Waals surface area (Å²) >= 11 is 0. The summed E-state index contributed by atoms with van der Waals surface area (Å²) in [6.07, 6.45) is 8.71. The standard InChI is InChI=1S/C21H28N6/c1-21(2)16-5-4-15(19(21)10-16)13-26-8-9-27-18(14-26)11-17(25-27)12-24-20-22-6-3-7-23-20/h3-4,6-7,11,16,19H,5,8-10,12-14H2,1-2H3,(H,22,23,24)/t16-,19-/m0/s1. The molecule has 6 rings (SSSR count). The predicted octanol–water partition coefficient (Wildman–Crippen LogP) is 3.09. The SMILES string of the molecule is CC1(C)[C@H]2CC=C(CN3CCn4nc(CNc5ncccn5)cc4C3)[C@@H]1C2. The van der Waals surface area contributed by atoms with E-state index < -0.39 is 0 Å². The van der Waals surface area contributed by atoms with Crippen LogP contribution in [0.25, 0.3) is 0 Å². The fraction of sp³-hybridized carbons (Fsp3) is 0.571. The highest BCUT2D eigenvalue weighted by Gasteiger charge is 2.51. The molecule has 0 aromatic carbocycles. The lowest BCUT2D eigenvalue weighted by Crippen LogP contribution is -2.50. The van der Waals surface area contributed by atoms with Crippen molar-refractivity contribution in [2.24, 2.45) is 17.3 Å². The van der Waals surface area contributed by atoms with Gasteiger partial charge in [0.05, 0.1) is 24.5 Å². The molecule has 0 spiro atoms. The maximum Gasteiger partial charge on any atom is 0.222 e. The van der Waals surface area contributed by atoms with Crippen molar-refractivity contribution < 1.29 is 0 Å². The lowest BCUT2D eigenvalue weighted by molar-refractivity contribution is -0.0114. The second-order valence-electron chi connectivity index (χ2n) is 8.81. The van der Waals surface area contributed by atoms with Gasteiger partial charge in [-0.25, -0.2) is 9.97 Å². The average molecular weight is 364 g/mol. The summed E-state index contributed by atoms with van der Waals surface area (Å²) in [6.45, 7) is 9.74. The molecule has 6 heteroatoms. The van der Waals surface area contributed by atoms with E-state index in [-0.39, 0.29) is 0 Å². The van der Waals surface area contributed by atoms with Crippen LogP contribution in [0.3, 0.4) is 0 Å². The number of allylic oxidation sites excluding steroid dienone is 1. The second kappa shape index (κ2) is 6.44. The largest absolute Gasteiger partial charge is 0.348 e. The van der Waals surface area contributed by atoms with Crippen molar-refractivity contribution in [3.63, 3.8) is 0 Å². The molecular formula is C21H28N6. The first-order valence-electron chi connectivity index (χ1n) is 10.1. The minimum absolute atomic E-state index is 0.514. The minimum Gasteiger partial charge on any atom is -0.348 e. The summed E-state index contributed by atoms with van der Waals surface area (Å²) < 4.78 is 2.16. The number of aromatic nitrogens is 4. The zero-order valence-electron chi connectivity index (χ0n) is 16.2. The van der Waals surface area contributed by atoms with Gasteiger partial charge in [0.1, 0.15) is 0 Å². The fourth-order valence-electron chi connectivity index (χ4n) is 5.08. The van der Waals surface area contributed by atoms with Crippen molar-refractivity contribution in [2.45, 2.75) is 46.3 Å². The summed E-state index contributed by atoms with van der Waals surface area (Å²) in [5.41, 5.74) is 4.56. The van der Waals surface area contributed by atoms with Crippen LogP contribution < -0.4 is 5.32 Å². The van der Waals surface area contributed by atoms with Gasteiger partial charge in [-0.15, -0.1) is 0 Å². The Kier molecular flexibility index (Phi) is 4.04. The maximum absolute atomic E-state index is 4.75. The average Bonchev–Trinajstić information content (AvgIpc) is 3.09. The summed E-state index contributed by atoms with van der Waals surface area (Å²) in [5, 5.41) is 8.00. The molecule has 4 aliphatic rings. The zero-order chi connectivity index (χ0) is 18.4. The maximum atomic E-state index is 4.75. The molecule has 2 aromatic rings. The molecule has 1 N–H and O–H groups in total. The van der Waals surface area contributed by atoms with E-state index in [1.165, 1.54) is 18.5 Å². The van der Waals surface area contributed by atoms with E-state index in [0.29, 0.717) is 17.9 Å². The molecule has 2 bridgehead atoms. The third kappa shape index (κ3) is 3.06. The lowest BCUT2D eigenvalue weighted by atomic mass is 9.49. The van der Waals surface area contributed by atoms with E-state index >= 15 is 0 Å². The van der Waals surface area contributed by atoms with Crippen molar-refractivity contribution in [2.75, 3.05) is 18.4 Å². The van der Waals surface area contributed by atoms with Gasteiger partial charge in [0.2, 0.25) is 5.95 Å². The predicted molar refractivity (Wildman–Crippen MR) is 105 cm³/mol. The number of nitrogens with one attached hydrogen (secondary N) is 1. The van der Waals surface area contributed by atoms with E-state index in [1.54, 1.807) is 18.0 Å². The van der Waals surface area contributed by atoms with Gasteiger partial charge in [0.15, 0.2) is 0 Å². The Morgan fingerprint density at radius 2 is 2.07 bits per heavy atom. The molecule has 27 heavy (non-hydrogen) atoms. The van der Waals surface area contributed by atoms with Gasteiger partial charge in [-0.2, -0.15) is 5.10 Å². The van der Waals surface area contributed by atoms with Crippen LogP contribution in [0.2, 0.25) is 0 Å². The van der Waals surface area contributed by atoms with Crippen molar-refractivity contribution >= 4 is 5.95 Å². The Morgan fingerprint density at radius 1 is 1.22 bits per heavy atom. The molecule has 3 heterocycles. The number of anilines is 1. The summed E-state index contributed by atoms with van der Waals surface area (Å²) in [6, 6.07) is 4.04. The van der Waals surface area contributed by atoms with Gasteiger partial charge < -0.3 is 5.32 Å². The number of hydrogen-bond acceptors (Lipinski definition) is 5. The van der Waals surface area contributed by atoms with E-state index in [9.17, 15) is 0 Å². The van der Waals surface area contributed by atoms with Crippen LogP contribution >= 0.6 is 0 Å². The van der Waals surface area contributed by atoms with Gasteiger partial charge in [0.25, 0.3) is 0 Å². The van der Waals surface area contributed by atoms with Crippen LogP contribution in [-0.4, -0.2) is 37.7 Å². The van der Waals surface area contributed by atoms with E-state index in [2.05, 4.69) is 50.9 Å². The van der Waals surface area contributed by atoms with Crippen LogP contribution in [0.5, 0.6) is 0 Å². The molecular weight excluding hydrogens is 336 g/mol. The van der Waals surface area contributed by atoms with Gasteiger partial charge in [-0.05, 0) is 42.2 Å². The Hall–Kier alpha value is -2.21. The second-order valence-corrected chi connectivity index (χ2v) is 8.81. The van der Waals surface area contributed by atoms with E-state index in [4.69, 9.17) is 5.10 Å². The molecule has 2 aromatic heterocycles. The molecule has 0 amide bonds.